The Bertz CT molecular complexity index is 752. The lowest BCUT2D eigenvalue weighted by molar-refractivity contribution is -0.183. The van der Waals surface area contributed by atoms with Crippen molar-refractivity contribution in [1.82, 2.24) is 10.3 Å². The molecule has 2 atom stereocenters. The smallest absolute Gasteiger partial charge is 0.391 e. The first-order valence-electron chi connectivity index (χ1n) is 10.2. The van der Waals surface area contributed by atoms with Gasteiger partial charge in [0.2, 0.25) is 5.88 Å². The van der Waals surface area contributed by atoms with Crippen molar-refractivity contribution < 1.29 is 27.4 Å². The third-order valence-corrected chi connectivity index (χ3v) is 5.96. The van der Waals surface area contributed by atoms with Gasteiger partial charge < -0.3 is 25.8 Å². The van der Waals surface area contributed by atoms with Gasteiger partial charge in [0.1, 0.15) is 6.61 Å². The second-order valence-electron chi connectivity index (χ2n) is 7.95. The minimum Gasteiger partial charge on any atom is -0.475 e. The lowest BCUT2D eigenvalue weighted by Gasteiger charge is -2.29. The van der Waals surface area contributed by atoms with Gasteiger partial charge >= 0.3 is 6.18 Å². The zero-order valence-electron chi connectivity index (χ0n) is 17.2. The minimum atomic E-state index is -4.11. The molecule has 1 aromatic rings. The Morgan fingerprint density at radius 3 is 2.60 bits per heavy atom. The number of nitrogens with one attached hydrogen (secondary N) is 2. The molecule has 0 bridgehead atoms. The van der Waals surface area contributed by atoms with E-state index in [-0.39, 0.29) is 55.5 Å². The highest BCUT2D eigenvalue weighted by Crippen LogP contribution is 2.43. The molecule has 1 aliphatic heterocycles. The van der Waals surface area contributed by atoms with E-state index in [1.807, 2.05) is 0 Å². The van der Waals surface area contributed by atoms with E-state index in [4.69, 9.17) is 15.2 Å². The van der Waals surface area contributed by atoms with Crippen molar-refractivity contribution in [3.8, 4) is 5.88 Å². The Hall–Kier alpha value is -2.07. The summed E-state index contributed by atoms with van der Waals surface area (Å²) in [5.41, 5.74) is 6.61. The van der Waals surface area contributed by atoms with Crippen LogP contribution < -0.4 is 21.1 Å². The molecule has 10 heteroatoms. The number of anilines is 2. The molecule has 3 rings (SSSR count). The molecule has 1 saturated carbocycles. The largest absolute Gasteiger partial charge is 0.475 e. The van der Waals surface area contributed by atoms with Crippen LogP contribution >= 0.6 is 0 Å². The molecule has 2 aliphatic rings. The van der Waals surface area contributed by atoms with E-state index in [2.05, 4.69) is 15.6 Å². The Kier molecular flexibility index (Phi) is 7.07. The van der Waals surface area contributed by atoms with Gasteiger partial charge in [-0.1, -0.05) is 0 Å². The average Bonchev–Trinajstić information content (AvgIpc) is 3.47. The zero-order valence-corrected chi connectivity index (χ0v) is 17.2. The van der Waals surface area contributed by atoms with E-state index in [9.17, 15) is 18.0 Å². The summed E-state index contributed by atoms with van der Waals surface area (Å²) in [6.45, 7) is 0.588. The second-order valence-corrected chi connectivity index (χ2v) is 7.95. The maximum Gasteiger partial charge on any atom is 0.391 e. The first-order valence-corrected chi connectivity index (χ1v) is 10.2. The van der Waals surface area contributed by atoms with Crippen LogP contribution in [0.4, 0.5) is 24.7 Å². The number of ketones is 1. The van der Waals surface area contributed by atoms with Crippen LogP contribution in [0.3, 0.4) is 0 Å². The number of Topliss-reactive ketones (excluding diaryl/α,β-unsaturated/α-hetero) is 1. The summed E-state index contributed by atoms with van der Waals surface area (Å²) >= 11 is 0. The van der Waals surface area contributed by atoms with Crippen molar-refractivity contribution in [2.45, 2.75) is 50.4 Å². The van der Waals surface area contributed by atoms with Gasteiger partial charge in [-0.3, -0.25) is 4.79 Å². The Balaban J connectivity index is 1.59. The number of aromatic nitrogens is 1. The number of nitrogens with two attached hydrogens (primary N) is 1. The molecular weight excluding hydrogens is 401 g/mol. The van der Waals surface area contributed by atoms with Crippen molar-refractivity contribution >= 4 is 17.3 Å². The lowest BCUT2D eigenvalue weighted by atomic mass is 9.79. The fourth-order valence-electron chi connectivity index (χ4n) is 4.20. The Morgan fingerprint density at radius 1 is 1.30 bits per heavy atom. The molecule has 2 fully saturated rings. The summed E-state index contributed by atoms with van der Waals surface area (Å²) in [6, 6.07) is 1.60. The average molecular weight is 430 g/mol. The number of hydrogen-bond acceptors (Lipinski definition) is 7. The van der Waals surface area contributed by atoms with Crippen molar-refractivity contribution in [2.75, 3.05) is 38.4 Å². The molecule has 0 aromatic carbocycles. The number of carbonyl (C=O) groups excluding carboxylic acids is 1. The standard InChI is InChI=1S/C20H29F3N4O3/c1-25-18-14(24)9-13(19(27-18)30-8-7-29-2)16(28)10-15-17(26-15)11-3-5-12(6-4-11)20(21,22)23/h9,11-12,15,17,26H,3-8,10,24H2,1-2H3,(H,25,27). The van der Waals surface area contributed by atoms with Crippen LogP contribution in [0, 0.1) is 11.8 Å². The van der Waals surface area contributed by atoms with Crippen molar-refractivity contribution in [1.29, 1.82) is 0 Å². The number of halogens is 3. The number of rotatable bonds is 9. The van der Waals surface area contributed by atoms with Crippen molar-refractivity contribution in [3.63, 3.8) is 0 Å². The monoisotopic (exact) mass is 430 g/mol. The molecule has 2 unspecified atom stereocenters. The summed E-state index contributed by atoms with van der Waals surface area (Å²) < 4.78 is 49.1. The maximum atomic E-state index is 12.9. The quantitative estimate of drug-likeness (QED) is 0.314. The van der Waals surface area contributed by atoms with E-state index in [1.165, 1.54) is 0 Å². The molecule has 0 amide bonds. The number of carbonyl (C=O) groups is 1. The molecular formula is C20H29F3N4O3. The summed E-state index contributed by atoms with van der Waals surface area (Å²) in [4.78, 5) is 17.2. The first-order chi connectivity index (χ1) is 14.2. The summed E-state index contributed by atoms with van der Waals surface area (Å²) in [5, 5.41) is 6.13. The predicted molar refractivity (Wildman–Crippen MR) is 107 cm³/mol. The number of hydrogen-bond donors (Lipinski definition) is 3. The van der Waals surface area contributed by atoms with Gasteiger partial charge in [0.05, 0.1) is 23.8 Å². The van der Waals surface area contributed by atoms with E-state index < -0.39 is 12.1 Å². The summed E-state index contributed by atoms with van der Waals surface area (Å²) in [5.74, 6) is -0.567. The fraction of sp³-hybridized carbons (Fsp3) is 0.700. The highest BCUT2D eigenvalue weighted by Gasteiger charge is 2.48. The van der Waals surface area contributed by atoms with Gasteiger partial charge in [-0.25, -0.2) is 0 Å². The van der Waals surface area contributed by atoms with Crippen LogP contribution in [-0.2, 0) is 4.74 Å². The zero-order chi connectivity index (χ0) is 21.9. The number of methoxy groups -OCH3 is 1. The SMILES string of the molecule is CNc1nc(OCCOC)c(C(=O)CC2NC2C2CCC(C(F)(F)F)CC2)cc1N. The molecule has 1 saturated heterocycles. The van der Waals surface area contributed by atoms with E-state index in [0.29, 0.717) is 36.5 Å². The van der Waals surface area contributed by atoms with Crippen LogP contribution in [0.5, 0.6) is 5.88 Å². The maximum absolute atomic E-state index is 12.9. The number of nitrogens with zero attached hydrogens (tertiary/aromatic N) is 1. The molecule has 7 nitrogen and oxygen atoms in total. The van der Waals surface area contributed by atoms with Gasteiger partial charge in [0.25, 0.3) is 0 Å². The highest BCUT2D eigenvalue weighted by molar-refractivity contribution is 6.00. The fourth-order valence-corrected chi connectivity index (χ4v) is 4.20. The molecule has 0 radical (unpaired) electrons. The Morgan fingerprint density at radius 2 is 2.00 bits per heavy atom. The van der Waals surface area contributed by atoms with E-state index in [0.717, 1.165) is 0 Å². The molecule has 168 valence electrons. The topological polar surface area (TPSA) is 108 Å². The van der Waals surface area contributed by atoms with Gasteiger partial charge in [-0.15, -0.1) is 0 Å². The van der Waals surface area contributed by atoms with Crippen LogP contribution in [-0.4, -0.2) is 56.4 Å². The highest BCUT2D eigenvalue weighted by atomic mass is 19.4. The number of pyridine rings is 1. The van der Waals surface area contributed by atoms with Crippen molar-refractivity contribution in [2.24, 2.45) is 11.8 Å². The summed E-state index contributed by atoms with van der Waals surface area (Å²) in [6.07, 6.45) is -2.49. The normalized spacial score (nSPS) is 26.3. The van der Waals surface area contributed by atoms with Gasteiger partial charge in [0, 0.05) is 32.7 Å². The number of ether oxygens (including phenoxy) is 2. The Labute approximate surface area is 173 Å². The van der Waals surface area contributed by atoms with Gasteiger partial charge in [0.15, 0.2) is 11.6 Å². The minimum absolute atomic E-state index is 0.0398. The van der Waals surface area contributed by atoms with Crippen LogP contribution in [0.2, 0.25) is 0 Å². The van der Waals surface area contributed by atoms with Crippen LogP contribution in [0.15, 0.2) is 6.07 Å². The number of nitrogen functional groups attached to an aromatic ring is 1. The summed E-state index contributed by atoms with van der Waals surface area (Å²) in [7, 11) is 3.22. The van der Waals surface area contributed by atoms with E-state index >= 15 is 0 Å². The second kappa shape index (κ2) is 9.38. The molecule has 0 spiro atoms. The van der Waals surface area contributed by atoms with Crippen LogP contribution in [0.25, 0.3) is 0 Å². The van der Waals surface area contributed by atoms with Crippen molar-refractivity contribution in [3.05, 3.63) is 11.6 Å². The first kappa shape index (κ1) is 22.6. The van der Waals surface area contributed by atoms with Gasteiger partial charge in [-0.2, -0.15) is 18.2 Å². The molecule has 1 aromatic heterocycles. The predicted octanol–water partition coefficient (Wildman–Crippen LogP) is 3.01. The van der Waals surface area contributed by atoms with E-state index in [1.54, 1.807) is 20.2 Å². The van der Waals surface area contributed by atoms with Crippen LogP contribution in [0.1, 0.15) is 42.5 Å². The lowest BCUT2D eigenvalue weighted by Crippen LogP contribution is -2.30. The third kappa shape index (κ3) is 5.34. The third-order valence-electron chi connectivity index (χ3n) is 5.96. The molecule has 2 heterocycles. The number of alkyl halides is 3. The molecule has 4 N–H and O–H groups in total. The van der Waals surface area contributed by atoms with Gasteiger partial charge in [-0.05, 0) is 37.7 Å². The molecule has 1 aliphatic carbocycles. The molecule has 30 heavy (non-hydrogen) atoms.